The molecule has 0 amide bonds. The van der Waals surface area contributed by atoms with Gasteiger partial charge in [-0.25, -0.2) is 0 Å². The molecule has 80 valence electrons. The number of carbonyl (C=O) groups excluding carboxylic acids is 1. The summed E-state index contributed by atoms with van der Waals surface area (Å²) in [7, 11) is 0. The number of esters is 1. The number of hydrogen-bond acceptors (Lipinski definition) is 5. The molecule has 0 bridgehead atoms. The number of nitrogens with zero attached hydrogens (tertiary/aromatic N) is 1. The van der Waals surface area contributed by atoms with Crippen LogP contribution in [0.25, 0.3) is 0 Å². The number of halogens is 1. The Bertz CT molecular complexity index is 408. The SMILES string of the molecule is NCC(=O)Oc1c(Br)cccc1[N+](=O)[O-]. The Labute approximate surface area is 93.3 Å². The molecule has 0 aliphatic rings. The van der Waals surface area contributed by atoms with Crippen LogP contribution in [-0.4, -0.2) is 17.4 Å². The van der Waals surface area contributed by atoms with Crippen LogP contribution in [0.3, 0.4) is 0 Å². The first-order valence-electron chi connectivity index (χ1n) is 3.90. The van der Waals surface area contributed by atoms with Gasteiger partial charge in [-0.3, -0.25) is 14.9 Å². The minimum absolute atomic E-state index is 0.127. The second kappa shape index (κ2) is 4.85. The highest BCUT2D eigenvalue weighted by Gasteiger charge is 2.20. The van der Waals surface area contributed by atoms with Crippen LogP contribution in [0.2, 0.25) is 0 Å². The van der Waals surface area contributed by atoms with E-state index in [1.54, 1.807) is 0 Å². The van der Waals surface area contributed by atoms with Gasteiger partial charge in [0, 0.05) is 6.07 Å². The standard InChI is InChI=1S/C8H7BrN2O4/c9-5-2-1-3-6(11(13)14)8(5)15-7(12)4-10/h1-3H,4,10H2. The predicted octanol–water partition coefficient (Wildman–Crippen LogP) is 1.22. The van der Waals surface area contributed by atoms with E-state index in [0.29, 0.717) is 4.47 Å². The second-order valence-corrected chi connectivity index (χ2v) is 3.38. The number of nitrogens with two attached hydrogens (primary N) is 1. The third-order valence-corrected chi connectivity index (χ3v) is 2.15. The van der Waals surface area contributed by atoms with Crippen LogP contribution in [0.5, 0.6) is 5.75 Å². The van der Waals surface area contributed by atoms with Crippen molar-refractivity contribution >= 4 is 27.6 Å². The largest absolute Gasteiger partial charge is 0.417 e. The Kier molecular flexibility index (Phi) is 3.75. The van der Waals surface area contributed by atoms with E-state index in [1.807, 2.05) is 0 Å². The lowest BCUT2D eigenvalue weighted by molar-refractivity contribution is -0.385. The van der Waals surface area contributed by atoms with E-state index in [9.17, 15) is 14.9 Å². The Balaban J connectivity index is 3.13. The van der Waals surface area contributed by atoms with E-state index < -0.39 is 10.9 Å². The fraction of sp³-hybridized carbons (Fsp3) is 0.125. The Morgan fingerprint density at radius 3 is 2.80 bits per heavy atom. The first-order chi connectivity index (χ1) is 7.06. The van der Waals surface area contributed by atoms with Crippen molar-refractivity contribution in [2.24, 2.45) is 5.73 Å². The van der Waals surface area contributed by atoms with Crippen molar-refractivity contribution < 1.29 is 14.5 Å². The molecule has 0 aromatic heterocycles. The Morgan fingerprint density at radius 1 is 1.60 bits per heavy atom. The minimum atomic E-state index is -0.731. The highest BCUT2D eigenvalue weighted by Crippen LogP contribution is 2.34. The molecule has 6 nitrogen and oxygen atoms in total. The second-order valence-electron chi connectivity index (χ2n) is 2.52. The lowest BCUT2D eigenvalue weighted by Gasteiger charge is -2.05. The Hall–Kier alpha value is -1.47. The van der Waals surface area contributed by atoms with Crippen molar-refractivity contribution in [1.29, 1.82) is 0 Å². The van der Waals surface area contributed by atoms with Crippen LogP contribution in [0.4, 0.5) is 5.69 Å². The van der Waals surface area contributed by atoms with Crippen LogP contribution in [-0.2, 0) is 4.79 Å². The molecule has 1 aromatic rings. The number of benzene rings is 1. The summed E-state index contributed by atoms with van der Waals surface area (Å²) in [6.45, 7) is -0.335. The third kappa shape index (κ3) is 2.74. The molecule has 0 radical (unpaired) electrons. The number of hydrogen-bond donors (Lipinski definition) is 1. The molecule has 0 saturated heterocycles. The molecule has 0 unspecified atom stereocenters. The van der Waals surface area contributed by atoms with Gasteiger partial charge in [-0.1, -0.05) is 6.07 Å². The molecule has 0 aliphatic carbocycles. The maximum absolute atomic E-state index is 10.9. The van der Waals surface area contributed by atoms with Crippen LogP contribution in [0, 0.1) is 10.1 Å². The van der Waals surface area contributed by atoms with Crippen molar-refractivity contribution in [1.82, 2.24) is 0 Å². The van der Waals surface area contributed by atoms with Crippen molar-refractivity contribution in [3.05, 3.63) is 32.8 Å². The van der Waals surface area contributed by atoms with Crippen LogP contribution < -0.4 is 10.5 Å². The fourth-order valence-electron chi connectivity index (χ4n) is 0.898. The normalized spacial score (nSPS) is 9.73. The molecule has 0 saturated carbocycles. The summed E-state index contributed by atoms with van der Waals surface area (Å²) in [6, 6.07) is 4.25. The van der Waals surface area contributed by atoms with Gasteiger partial charge in [0.1, 0.15) is 0 Å². The van der Waals surface area contributed by atoms with E-state index in [-0.39, 0.29) is 18.0 Å². The molecule has 0 atom stereocenters. The van der Waals surface area contributed by atoms with E-state index in [1.165, 1.54) is 18.2 Å². The summed E-state index contributed by atoms with van der Waals surface area (Å²) in [5.74, 6) is -0.858. The van der Waals surface area contributed by atoms with Crippen molar-refractivity contribution in [2.75, 3.05) is 6.54 Å². The van der Waals surface area contributed by atoms with Gasteiger partial charge in [0.05, 0.1) is 15.9 Å². The first kappa shape index (κ1) is 11.6. The number of nitro groups is 1. The van der Waals surface area contributed by atoms with Gasteiger partial charge >= 0.3 is 11.7 Å². The molecule has 1 aromatic carbocycles. The number of carbonyl (C=O) groups is 1. The first-order valence-corrected chi connectivity index (χ1v) is 4.69. The van der Waals surface area contributed by atoms with Gasteiger partial charge < -0.3 is 10.5 Å². The summed E-state index contributed by atoms with van der Waals surface area (Å²) < 4.78 is 5.07. The average Bonchev–Trinajstić information content (AvgIpc) is 2.20. The quantitative estimate of drug-likeness (QED) is 0.387. The van der Waals surface area contributed by atoms with E-state index in [0.717, 1.165) is 0 Å². The van der Waals surface area contributed by atoms with Gasteiger partial charge in [-0.15, -0.1) is 0 Å². The maximum atomic E-state index is 10.9. The minimum Gasteiger partial charge on any atom is -0.417 e. The molecular formula is C8H7BrN2O4. The molecule has 0 spiro atoms. The topological polar surface area (TPSA) is 95.5 Å². The van der Waals surface area contributed by atoms with Gasteiger partial charge in [-0.2, -0.15) is 0 Å². The smallest absolute Gasteiger partial charge is 0.325 e. The molecular weight excluding hydrogens is 268 g/mol. The van der Waals surface area contributed by atoms with E-state index >= 15 is 0 Å². The number of nitro benzene ring substituents is 1. The Morgan fingerprint density at radius 2 is 2.27 bits per heavy atom. The fourth-order valence-corrected chi connectivity index (χ4v) is 1.33. The van der Waals surface area contributed by atoms with Crippen LogP contribution >= 0.6 is 15.9 Å². The third-order valence-electron chi connectivity index (χ3n) is 1.53. The summed E-state index contributed by atoms with van der Waals surface area (Å²) in [5, 5.41) is 10.6. The van der Waals surface area contributed by atoms with E-state index in [4.69, 9.17) is 10.5 Å². The molecule has 1 rings (SSSR count). The zero-order valence-electron chi connectivity index (χ0n) is 7.47. The molecule has 0 heterocycles. The summed E-state index contributed by atoms with van der Waals surface area (Å²) in [6.07, 6.45) is 0. The average molecular weight is 275 g/mol. The van der Waals surface area contributed by atoms with Crippen LogP contribution in [0.15, 0.2) is 22.7 Å². The van der Waals surface area contributed by atoms with Gasteiger partial charge in [0.25, 0.3) is 0 Å². The maximum Gasteiger partial charge on any atom is 0.325 e. The molecule has 7 heteroatoms. The van der Waals surface area contributed by atoms with Gasteiger partial charge in [-0.05, 0) is 22.0 Å². The van der Waals surface area contributed by atoms with Crippen LogP contribution in [0.1, 0.15) is 0 Å². The van der Waals surface area contributed by atoms with Gasteiger partial charge in [0.15, 0.2) is 0 Å². The van der Waals surface area contributed by atoms with E-state index in [2.05, 4.69) is 15.9 Å². The van der Waals surface area contributed by atoms with Crippen molar-refractivity contribution in [3.8, 4) is 5.75 Å². The number of para-hydroxylation sites is 1. The highest BCUT2D eigenvalue weighted by atomic mass is 79.9. The predicted molar refractivity (Wildman–Crippen MR) is 55.5 cm³/mol. The number of rotatable bonds is 3. The molecule has 2 N–H and O–H groups in total. The van der Waals surface area contributed by atoms with Gasteiger partial charge in [0.2, 0.25) is 5.75 Å². The highest BCUT2D eigenvalue weighted by molar-refractivity contribution is 9.10. The summed E-state index contributed by atoms with van der Waals surface area (Å²) in [4.78, 5) is 20.9. The zero-order chi connectivity index (χ0) is 11.4. The monoisotopic (exact) mass is 274 g/mol. The lowest BCUT2D eigenvalue weighted by atomic mass is 10.3. The summed E-state index contributed by atoms with van der Waals surface area (Å²) in [5.41, 5.74) is 4.75. The molecule has 0 fully saturated rings. The lowest BCUT2D eigenvalue weighted by Crippen LogP contribution is -2.20. The zero-order valence-corrected chi connectivity index (χ0v) is 9.06. The van der Waals surface area contributed by atoms with Crippen molar-refractivity contribution in [3.63, 3.8) is 0 Å². The van der Waals surface area contributed by atoms with Crippen molar-refractivity contribution in [2.45, 2.75) is 0 Å². The summed E-state index contributed by atoms with van der Waals surface area (Å²) >= 11 is 3.05. The molecule has 0 aliphatic heterocycles. The molecule has 15 heavy (non-hydrogen) atoms. The number of ether oxygens (including phenoxy) is 1.